The van der Waals surface area contributed by atoms with Crippen LogP contribution in [0.25, 0.3) is 0 Å². The fourth-order valence-corrected chi connectivity index (χ4v) is 1.76. The molecule has 0 aromatic heterocycles. The number of carbonyl (C=O) groups is 2. The molecule has 2 N–H and O–H groups in total. The van der Waals surface area contributed by atoms with E-state index in [1.807, 2.05) is 6.07 Å². The summed E-state index contributed by atoms with van der Waals surface area (Å²) in [6, 6.07) is 6.68. The highest BCUT2D eigenvalue weighted by Crippen LogP contribution is 2.22. The lowest BCUT2D eigenvalue weighted by atomic mass is 10.0. The molecule has 6 nitrogen and oxygen atoms in total. The Morgan fingerprint density at radius 2 is 2.15 bits per heavy atom. The Morgan fingerprint density at radius 1 is 1.45 bits per heavy atom. The van der Waals surface area contributed by atoms with Gasteiger partial charge in [0.15, 0.2) is 0 Å². The van der Waals surface area contributed by atoms with Crippen LogP contribution >= 0.6 is 0 Å². The summed E-state index contributed by atoms with van der Waals surface area (Å²) in [5.74, 6) is -1.06. The Balaban J connectivity index is 2.67. The van der Waals surface area contributed by atoms with E-state index in [0.717, 1.165) is 0 Å². The molecule has 1 atom stereocenters. The van der Waals surface area contributed by atoms with Gasteiger partial charge in [-0.3, -0.25) is 9.59 Å². The molecule has 0 saturated heterocycles. The molecule has 0 aliphatic carbocycles. The molecule has 1 unspecified atom stereocenters. The number of aliphatic carboxylic acids is 1. The maximum absolute atomic E-state index is 11.7. The van der Waals surface area contributed by atoms with Gasteiger partial charge in [0.25, 0.3) is 0 Å². The zero-order chi connectivity index (χ0) is 15.1. The molecule has 0 fully saturated rings. The normalized spacial score (nSPS) is 11.2. The maximum atomic E-state index is 11.7. The lowest BCUT2D eigenvalue weighted by molar-refractivity contribution is -0.138. The number of hydrogen-bond donors (Lipinski definition) is 2. The van der Waals surface area contributed by atoms with Crippen LogP contribution in [0.3, 0.4) is 0 Å². The molecule has 6 heteroatoms. The summed E-state index contributed by atoms with van der Waals surface area (Å²) < 4.78 is 5.04. The molecule has 0 radical (unpaired) electrons. The second-order valence-corrected chi connectivity index (χ2v) is 4.48. The number of carboxylic acid groups (broad SMARTS) is 1. The van der Waals surface area contributed by atoms with Crippen molar-refractivity contribution in [3.05, 3.63) is 23.8 Å². The predicted octanol–water partition coefficient (Wildman–Crippen LogP) is 2.01. The highest BCUT2D eigenvalue weighted by molar-refractivity contribution is 5.91. The number of benzene rings is 1. The fourth-order valence-electron chi connectivity index (χ4n) is 1.76. The monoisotopic (exact) mass is 276 g/mol. The fraction of sp³-hybridized carbons (Fsp3) is 0.357. The summed E-state index contributed by atoms with van der Waals surface area (Å²) in [7, 11) is 1.44. The molecular weight excluding hydrogens is 260 g/mol. The molecule has 1 amide bonds. The summed E-state index contributed by atoms with van der Waals surface area (Å²) in [6.07, 6.45) is 0.0682. The molecule has 0 heterocycles. The smallest absolute Gasteiger partial charge is 0.303 e. The van der Waals surface area contributed by atoms with Crippen LogP contribution in [-0.2, 0) is 9.59 Å². The Hall–Kier alpha value is -2.55. The van der Waals surface area contributed by atoms with Crippen molar-refractivity contribution in [2.75, 3.05) is 12.4 Å². The molecule has 106 valence electrons. The number of hydrogen-bond acceptors (Lipinski definition) is 4. The second-order valence-electron chi connectivity index (χ2n) is 4.48. The molecule has 0 aliphatic rings. The van der Waals surface area contributed by atoms with Crippen LogP contribution < -0.4 is 10.1 Å². The standard InChI is InChI=1S/C14H16N2O4/c1-9(6-14(18)19)5-13(17)16-11-4-3-10(8-15)12(7-11)20-2/h3-4,7,9H,5-6H2,1-2H3,(H,16,17)(H,18,19). The molecule has 0 bridgehead atoms. The van der Waals surface area contributed by atoms with Crippen LogP contribution in [0.4, 0.5) is 5.69 Å². The minimum Gasteiger partial charge on any atom is -0.495 e. The van der Waals surface area contributed by atoms with Gasteiger partial charge >= 0.3 is 5.97 Å². The average Bonchev–Trinajstić information content (AvgIpc) is 2.37. The van der Waals surface area contributed by atoms with Crippen molar-refractivity contribution in [1.82, 2.24) is 0 Å². The predicted molar refractivity (Wildman–Crippen MR) is 72.4 cm³/mol. The number of rotatable bonds is 6. The second kappa shape index (κ2) is 7.14. The zero-order valence-electron chi connectivity index (χ0n) is 11.3. The molecule has 20 heavy (non-hydrogen) atoms. The van der Waals surface area contributed by atoms with E-state index < -0.39 is 5.97 Å². The molecule has 1 aromatic carbocycles. The van der Waals surface area contributed by atoms with E-state index in [0.29, 0.717) is 17.0 Å². The van der Waals surface area contributed by atoms with Gasteiger partial charge in [-0.05, 0) is 18.1 Å². The third-order valence-electron chi connectivity index (χ3n) is 2.66. The van der Waals surface area contributed by atoms with Gasteiger partial charge < -0.3 is 15.2 Å². The average molecular weight is 276 g/mol. The number of nitrogens with zero attached hydrogens (tertiary/aromatic N) is 1. The van der Waals surface area contributed by atoms with E-state index in [1.54, 1.807) is 25.1 Å². The minimum atomic E-state index is -0.926. The first-order chi connectivity index (χ1) is 9.46. The van der Waals surface area contributed by atoms with E-state index in [4.69, 9.17) is 15.1 Å². The van der Waals surface area contributed by atoms with Gasteiger partial charge in [0, 0.05) is 24.6 Å². The summed E-state index contributed by atoms with van der Waals surface area (Å²) >= 11 is 0. The molecule has 0 spiro atoms. The van der Waals surface area contributed by atoms with Crippen molar-refractivity contribution in [3.63, 3.8) is 0 Å². The number of nitrogens with one attached hydrogen (secondary N) is 1. The van der Waals surface area contributed by atoms with Gasteiger partial charge in [0.2, 0.25) is 5.91 Å². The van der Waals surface area contributed by atoms with Crippen molar-refractivity contribution < 1.29 is 19.4 Å². The minimum absolute atomic E-state index is 0.0515. The summed E-state index contributed by atoms with van der Waals surface area (Å²) in [5, 5.41) is 20.1. The Bertz CT molecular complexity index is 549. The SMILES string of the molecule is COc1cc(NC(=O)CC(C)CC(=O)O)ccc1C#N. The third kappa shape index (κ3) is 4.61. The topological polar surface area (TPSA) is 99.4 Å². The summed E-state index contributed by atoms with van der Waals surface area (Å²) in [5.41, 5.74) is 0.887. The third-order valence-corrected chi connectivity index (χ3v) is 2.66. The van der Waals surface area contributed by atoms with E-state index in [-0.39, 0.29) is 24.7 Å². The van der Waals surface area contributed by atoms with Crippen LogP contribution in [0.2, 0.25) is 0 Å². The quantitative estimate of drug-likeness (QED) is 0.827. The van der Waals surface area contributed by atoms with Crippen molar-refractivity contribution in [1.29, 1.82) is 5.26 Å². The number of methoxy groups -OCH3 is 1. The van der Waals surface area contributed by atoms with Gasteiger partial charge in [-0.2, -0.15) is 5.26 Å². The van der Waals surface area contributed by atoms with Gasteiger partial charge in [0.1, 0.15) is 11.8 Å². The highest BCUT2D eigenvalue weighted by atomic mass is 16.5. The van der Waals surface area contributed by atoms with Gasteiger partial charge in [-0.15, -0.1) is 0 Å². The first-order valence-electron chi connectivity index (χ1n) is 6.06. The Labute approximate surface area is 117 Å². The molecule has 1 rings (SSSR count). The molecule has 1 aromatic rings. The largest absolute Gasteiger partial charge is 0.495 e. The first-order valence-corrected chi connectivity index (χ1v) is 6.06. The summed E-state index contributed by atoms with van der Waals surface area (Å²) in [6.45, 7) is 1.70. The molecule has 0 aliphatic heterocycles. The van der Waals surface area contributed by atoms with Crippen molar-refractivity contribution >= 4 is 17.6 Å². The molecular formula is C14H16N2O4. The lowest BCUT2D eigenvalue weighted by Crippen LogP contribution is -2.17. The van der Waals surface area contributed by atoms with Gasteiger partial charge in [-0.25, -0.2) is 0 Å². The van der Waals surface area contributed by atoms with Crippen LogP contribution in [0.1, 0.15) is 25.3 Å². The number of amides is 1. The number of anilines is 1. The van der Waals surface area contributed by atoms with Crippen LogP contribution in [-0.4, -0.2) is 24.1 Å². The van der Waals surface area contributed by atoms with Crippen molar-refractivity contribution in [3.8, 4) is 11.8 Å². The van der Waals surface area contributed by atoms with E-state index in [2.05, 4.69) is 5.32 Å². The van der Waals surface area contributed by atoms with Crippen LogP contribution in [0.5, 0.6) is 5.75 Å². The highest BCUT2D eigenvalue weighted by Gasteiger charge is 2.13. The first kappa shape index (κ1) is 15.5. The number of carbonyl (C=O) groups excluding carboxylic acids is 1. The van der Waals surface area contributed by atoms with Crippen molar-refractivity contribution in [2.45, 2.75) is 19.8 Å². The van der Waals surface area contributed by atoms with Crippen LogP contribution in [0.15, 0.2) is 18.2 Å². The number of nitriles is 1. The maximum Gasteiger partial charge on any atom is 0.303 e. The van der Waals surface area contributed by atoms with Gasteiger partial charge in [0.05, 0.1) is 12.7 Å². The van der Waals surface area contributed by atoms with Crippen molar-refractivity contribution in [2.24, 2.45) is 5.92 Å². The van der Waals surface area contributed by atoms with E-state index in [1.165, 1.54) is 7.11 Å². The lowest BCUT2D eigenvalue weighted by Gasteiger charge is -2.10. The van der Waals surface area contributed by atoms with Crippen LogP contribution in [0, 0.1) is 17.2 Å². The molecule has 0 saturated carbocycles. The van der Waals surface area contributed by atoms with E-state index >= 15 is 0 Å². The van der Waals surface area contributed by atoms with Gasteiger partial charge in [-0.1, -0.05) is 6.92 Å². The van der Waals surface area contributed by atoms with E-state index in [9.17, 15) is 9.59 Å². The Kier molecular flexibility index (Phi) is 5.54. The number of ether oxygens (including phenoxy) is 1. The zero-order valence-corrected chi connectivity index (χ0v) is 11.3. The summed E-state index contributed by atoms with van der Waals surface area (Å²) in [4.78, 5) is 22.3. The number of carboxylic acids is 1. The Morgan fingerprint density at radius 3 is 2.70 bits per heavy atom.